The van der Waals surface area contributed by atoms with Crippen molar-refractivity contribution in [1.82, 2.24) is 4.73 Å². The lowest BCUT2D eigenvalue weighted by molar-refractivity contribution is 0.0442. The predicted octanol–water partition coefficient (Wildman–Crippen LogP) is 5.63. The monoisotopic (exact) mass is 399 g/mol. The fraction of sp³-hybridized carbons (Fsp3) is 0.750. The number of aromatic hydroxyl groups is 2. The molecule has 27 heavy (non-hydrogen) atoms. The summed E-state index contributed by atoms with van der Waals surface area (Å²) in [6, 6.07) is 3.57. The number of rotatable bonds is 14. The standard InChI is InChI=1S/C20H37NO5Si/c1-4-5-6-7-8-9-10-11-12-13-16-27(2,3)17-25-20(24)26-21-18(22)14-15-19(21)23/h14-15,22-23H,4-13,16-17H2,1-3H3. The van der Waals surface area contributed by atoms with Gasteiger partial charge in [0.2, 0.25) is 11.8 Å². The molecule has 1 rings (SSSR count). The second-order valence-electron chi connectivity index (χ2n) is 8.07. The number of hydrogen-bond acceptors (Lipinski definition) is 5. The zero-order valence-corrected chi connectivity index (χ0v) is 18.2. The molecule has 0 spiro atoms. The summed E-state index contributed by atoms with van der Waals surface area (Å²) in [5, 5.41) is 18.9. The highest BCUT2D eigenvalue weighted by molar-refractivity contribution is 6.77. The van der Waals surface area contributed by atoms with Crippen LogP contribution in [-0.4, -0.2) is 35.4 Å². The van der Waals surface area contributed by atoms with Gasteiger partial charge in [-0.15, -0.1) is 4.73 Å². The molecule has 0 aliphatic heterocycles. The fourth-order valence-electron chi connectivity index (χ4n) is 3.01. The fourth-order valence-corrected chi connectivity index (χ4v) is 4.87. The Hall–Kier alpha value is -1.63. The first-order valence-corrected chi connectivity index (χ1v) is 13.7. The van der Waals surface area contributed by atoms with E-state index >= 15 is 0 Å². The van der Waals surface area contributed by atoms with Crippen LogP contribution in [0.2, 0.25) is 19.1 Å². The van der Waals surface area contributed by atoms with Crippen molar-refractivity contribution in [2.45, 2.75) is 90.3 Å². The lowest BCUT2D eigenvalue weighted by Gasteiger charge is -2.21. The van der Waals surface area contributed by atoms with Crippen molar-refractivity contribution < 1.29 is 24.6 Å². The SMILES string of the molecule is CCCCCCCCCCCC[Si](C)(C)COC(=O)On1c(O)ccc1O. The molecule has 0 radical (unpaired) electrons. The van der Waals surface area contributed by atoms with Crippen molar-refractivity contribution in [2.75, 3.05) is 6.23 Å². The van der Waals surface area contributed by atoms with Gasteiger partial charge in [0.25, 0.3) is 0 Å². The maximum atomic E-state index is 11.7. The van der Waals surface area contributed by atoms with Crippen molar-refractivity contribution in [2.24, 2.45) is 0 Å². The Balaban J connectivity index is 2.09. The van der Waals surface area contributed by atoms with Crippen LogP contribution >= 0.6 is 0 Å². The Morgan fingerprint density at radius 3 is 1.93 bits per heavy atom. The van der Waals surface area contributed by atoms with Crippen LogP contribution in [0.3, 0.4) is 0 Å². The minimum Gasteiger partial charge on any atom is -0.492 e. The van der Waals surface area contributed by atoms with Gasteiger partial charge in [-0.05, 0) is 0 Å². The van der Waals surface area contributed by atoms with Gasteiger partial charge in [0.05, 0.1) is 14.3 Å². The van der Waals surface area contributed by atoms with Crippen LogP contribution in [0.5, 0.6) is 11.8 Å². The number of aromatic nitrogens is 1. The number of nitrogens with zero attached hydrogens (tertiary/aromatic N) is 1. The zero-order chi connectivity index (χ0) is 20.1. The summed E-state index contributed by atoms with van der Waals surface area (Å²) in [5.74, 6) is -0.711. The topological polar surface area (TPSA) is 80.9 Å². The molecule has 0 saturated heterocycles. The van der Waals surface area contributed by atoms with E-state index in [1.165, 1.54) is 76.3 Å². The van der Waals surface area contributed by atoms with Gasteiger partial charge in [0.15, 0.2) is 0 Å². The molecule has 0 saturated carbocycles. The molecule has 1 aromatic rings. The van der Waals surface area contributed by atoms with Crippen molar-refractivity contribution in [3.05, 3.63) is 12.1 Å². The van der Waals surface area contributed by atoms with E-state index in [-0.39, 0.29) is 11.8 Å². The molecule has 156 valence electrons. The Kier molecular flexibility index (Phi) is 11.0. The van der Waals surface area contributed by atoms with Gasteiger partial charge < -0.3 is 14.9 Å². The first-order chi connectivity index (χ1) is 12.9. The highest BCUT2D eigenvalue weighted by Gasteiger charge is 2.24. The summed E-state index contributed by atoms with van der Waals surface area (Å²) >= 11 is 0. The highest BCUT2D eigenvalue weighted by atomic mass is 28.3. The normalized spacial score (nSPS) is 11.5. The van der Waals surface area contributed by atoms with Crippen molar-refractivity contribution in [1.29, 1.82) is 0 Å². The maximum Gasteiger partial charge on any atom is 0.533 e. The van der Waals surface area contributed by atoms with Crippen LogP contribution in [0.4, 0.5) is 4.79 Å². The second-order valence-corrected chi connectivity index (χ2v) is 13.2. The third-order valence-corrected chi connectivity index (χ3v) is 7.38. The van der Waals surface area contributed by atoms with Gasteiger partial charge in [-0.1, -0.05) is 90.3 Å². The molecule has 1 aromatic heterocycles. The van der Waals surface area contributed by atoms with Gasteiger partial charge in [0, 0.05) is 12.1 Å². The first kappa shape index (κ1) is 23.4. The second kappa shape index (κ2) is 12.7. The Morgan fingerprint density at radius 2 is 1.41 bits per heavy atom. The molecule has 0 aliphatic carbocycles. The average molecular weight is 400 g/mol. The van der Waals surface area contributed by atoms with E-state index in [9.17, 15) is 15.0 Å². The van der Waals surface area contributed by atoms with Crippen LogP contribution in [-0.2, 0) is 4.74 Å². The van der Waals surface area contributed by atoms with Gasteiger partial charge in [-0.2, -0.15) is 0 Å². The first-order valence-electron chi connectivity index (χ1n) is 10.3. The van der Waals surface area contributed by atoms with Gasteiger partial charge >= 0.3 is 6.16 Å². The van der Waals surface area contributed by atoms with Crippen LogP contribution < -0.4 is 4.84 Å². The molecule has 0 atom stereocenters. The summed E-state index contributed by atoms with van der Waals surface area (Å²) in [5.41, 5.74) is 0. The average Bonchev–Trinajstić information content (AvgIpc) is 2.93. The molecule has 1 heterocycles. The predicted molar refractivity (Wildman–Crippen MR) is 110 cm³/mol. The number of carbonyl (C=O) groups excluding carboxylic acids is 1. The van der Waals surface area contributed by atoms with E-state index in [4.69, 9.17) is 9.57 Å². The molecule has 2 N–H and O–H groups in total. The van der Waals surface area contributed by atoms with Crippen molar-refractivity contribution >= 4 is 14.2 Å². The summed E-state index contributed by atoms with van der Waals surface area (Å²) in [6.07, 6.45) is 12.6. The van der Waals surface area contributed by atoms with Crippen LogP contribution in [0.1, 0.15) is 71.1 Å². The quantitative estimate of drug-likeness (QED) is 0.241. The number of ether oxygens (including phenoxy) is 1. The summed E-state index contributed by atoms with van der Waals surface area (Å²) in [6.45, 7) is 6.63. The summed E-state index contributed by atoms with van der Waals surface area (Å²) in [4.78, 5) is 16.5. The molecule has 0 bridgehead atoms. The molecule has 0 unspecified atom stereocenters. The van der Waals surface area contributed by atoms with Crippen LogP contribution in [0, 0.1) is 0 Å². The number of carbonyl (C=O) groups is 1. The van der Waals surface area contributed by atoms with E-state index in [0.717, 1.165) is 6.04 Å². The van der Waals surface area contributed by atoms with Crippen molar-refractivity contribution in [3.63, 3.8) is 0 Å². The Labute approximate surface area is 164 Å². The molecular formula is C20H37NO5Si. The van der Waals surface area contributed by atoms with Gasteiger partial charge in [-0.25, -0.2) is 4.79 Å². The summed E-state index contributed by atoms with van der Waals surface area (Å²) in [7, 11) is -1.64. The van der Waals surface area contributed by atoms with E-state index in [2.05, 4.69) is 20.0 Å². The highest BCUT2D eigenvalue weighted by Crippen LogP contribution is 2.20. The van der Waals surface area contributed by atoms with E-state index in [1.54, 1.807) is 0 Å². The van der Waals surface area contributed by atoms with E-state index < -0.39 is 14.2 Å². The van der Waals surface area contributed by atoms with E-state index in [0.29, 0.717) is 11.0 Å². The number of unbranched alkanes of at least 4 members (excludes halogenated alkanes) is 9. The summed E-state index contributed by atoms with van der Waals surface area (Å²) < 4.78 is 5.83. The van der Waals surface area contributed by atoms with Crippen LogP contribution in [0.25, 0.3) is 0 Å². The van der Waals surface area contributed by atoms with Gasteiger partial charge in [0.1, 0.15) is 0 Å². The number of hydrogen-bond donors (Lipinski definition) is 2. The van der Waals surface area contributed by atoms with Gasteiger partial charge in [-0.3, -0.25) is 4.84 Å². The zero-order valence-electron chi connectivity index (χ0n) is 17.2. The molecule has 0 fully saturated rings. The minimum absolute atomic E-state index is 0.355. The van der Waals surface area contributed by atoms with Crippen molar-refractivity contribution in [3.8, 4) is 11.8 Å². The molecular weight excluding hydrogens is 362 g/mol. The third kappa shape index (κ3) is 10.3. The molecule has 0 aliphatic rings. The lowest BCUT2D eigenvalue weighted by atomic mass is 10.1. The molecule has 7 heteroatoms. The maximum absolute atomic E-state index is 11.7. The third-order valence-electron chi connectivity index (χ3n) is 4.75. The largest absolute Gasteiger partial charge is 0.533 e. The lowest BCUT2D eigenvalue weighted by Crippen LogP contribution is -2.35. The van der Waals surface area contributed by atoms with E-state index in [1.807, 2.05) is 0 Å². The Bertz CT molecular complexity index is 525. The minimum atomic E-state index is -1.64. The molecule has 0 amide bonds. The Morgan fingerprint density at radius 1 is 0.926 bits per heavy atom. The molecule has 6 nitrogen and oxygen atoms in total. The van der Waals surface area contributed by atoms with Crippen LogP contribution in [0.15, 0.2) is 12.1 Å². The smallest absolute Gasteiger partial charge is 0.492 e. The molecule has 0 aromatic carbocycles.